The van der Waals surface area contributed by atoms with E-state index in [0.717, 1.165) is 38.3 Å². The van der Waals surface area contributed by atoms with Gasteiger partial charge < -0.3 is 14.8 Å². The first-order chi connectivity index (χ1) is 8.63. The maximum Gasteiger partial charge on any atom is 0.267 e. The van der Waals surface area contributed by atoms with Crippen LogP contribution in [0.4, 0.5) is 5.82 Å². The number of anilines is 1. The Morgan fingerprint density at radius 1 is 1.56 bits per heavy atom. The van der Waals surface area contributed by atoms with E-state index in [0.29, 0.717) is 10.5 Å². The third-order valence-corrected chi connectivity index (χ3v) is 4.14. The standard InChI is InChI=1S/C12H19BrN4O/c1-3-9-7-16(2)5-4-6-17(9)11-10(13)12(18)15-8-14-11/h8-9H,3-7H2,1-2H3,(H,14,15,18). The van der Waals surface area contributed by atoms with E-state index in [4.69, 9.17) is 0 Å². The van der Waals surface area contributed by atoms with Crippen molar-refractivity contribution in [1.29, 1.82) is 0 Å². The van der Waals surface area contributed by atoms with Gasteiger partial charge in [-0.2, -0.15) is 0 Å². The van der Waals surface area contributed by atoms with Gasteiger partial charge in [0.25, 0.3) is 5.56 Å². The average molecular weight is 315 g/mol. The van der Waals surface area contributed by atoms with Crippen LogP contribution in [0.15, 0.2) is 15.6 Å². The van der Waals surface area contributed by atoms with Gasteiger partial charge in [0.05, 0.1) is 6.33 Å². The highest BCUT2D eigenvalue weighted by atomic mass is 79.9. The highest BCUT2D eigenvalue weighted by molar-refractivity contribution is 9.10. The lowest BCUT2D eigenvalue weighted by Gasteiger charge is -2.31. The van der Waals surface area contributed by atoms with Crippen molar-refractivity contribution in [3.05, 3.63) is 21.2 Å². The Morgan fingerprint density at radius 2 is 2.33 bits per heavy atom. The van der Waals surface area contributed by atoms with Crippen molar-refractivity contribution in [3.63, 3.8) is 0 Å². The van der Waals surface area contributed by atoms with Crippen LogP contribution in [0, 0.1) is 0 Å². The summed E-state index contributed by atoms with van der Waals surface area (Å²) in [6.07, 6.45) is 3.61. The maximum atomic E-state index is 11.6. The van der Waals surface area contributed by atoms with Crippen LogP contribution in [-0.2, 0) is 0 Å². The minimum absolute atomic E-state index is 0.118. The molecule has 0 aromatic carbocycles. The lowest BCUT2D eigenvalue weighted by molar-refractivity contribution is 0.327. The van der Waals surface area contributed by atoms with E-state index < -0.39 is 0 Å². The SMILES string of the molecule is CCC1CN(C)CCCN1c1nc[nH]c(=O)c1Br. The zero-order chi connectivity index (χ0) is 13.1. The Bertz CT molecular complexity index is 462. The first-order valence-corrected chi connectivity index (χ1v) is 7.11. The molecule has 18 heavy (non-hydrogen) atoms. The van der Waals surface area contributed by atoms with Crippen molar-refractivity contribution in [1.82, 2.24) is 14.9 Å². The Morgan fingerprint density at radius 3 is 3.06 bits per heavy atom. The van der Waals surface area contributed by atoms with Crippen molar-refractivity contribution in [3.8, 4) is 0 Å². The lowest BCUT2D eigenvalue weighted by atomic mass is 10.2. The molecule has 0 aliphatic carbocycles. The second-order valence-corrected chi connectivity index (χ2v) is 5.53. The second kappa shape index (κ2) is 5.84. The van der Waals surface area contributed by atoms with Gasteiger partial charge in [0, 0.05) is 19.1 Å². The van der Waals surface area contributed by atoms with Crippen molar-refractivity contribution in [2.75, 3.05) is 31.6 Å². The molecule has 0 radical (unpaired) electrons. The van der Waals surface area contributed by atoms with Gasteiger partial charge in [0.2, 0.25) is 0 Å². The number of likely N-dealkylation sites (N-methyl/N-ethyl adjacent to an activating group) is 1. The van der Waals surface area contributed by atoms with Gasteiger partial charge in [-0.3, -0.25) is 4.79 Å². The Balaban J connectivity index is 2.34. The zero-order valence-electron chi connectivity index (χ0n) is 10.8. The van der Waals surface area contributed by atoms with Crippen molar-refractivity contribution >= 4 is 21.7 Å². The smallest absolute Gasteiger partial charge is 0.267 e. The van der Waals surface area contributed by atoms with Gasteiger partial charge in [0.1, 0.15) is 4.47 Å². The summed E-state index contributed by atoms with van der Waals surface area (Å²) >= 11 is 3.35. The molecule has 1 atom stereocenters. The fourth-order valence-electron chi connectivity index (χ4n) is 2.45. The summed E-state index contributed by atoms with van der Waals surface area (Å²) in [6.45, 7) is 5.22. The fraction of sp³-hybridized carbons (Fsp3) is 0.667. The van der Waals surface area contributed by atoms with Gasteiger partial charge in [-0.25, -0.2) is 4.98 Å². The van der Waals surface area contributed by atoms with Gasteiger partial charge in [-0.05, 0) is 42.4 Å². The van der Waals surface area contributed by atoms with Crippen LogP contribution >= 0.6 is 15.9 Å². The molecular weight excluding hydrogens is 296 g/mol. The van der Waals surface area contributed by atoms with Crippen LogP contribution in [0.2, 0.25) is 0 Å². The summed E-state index contributed by atoms with van der Waals surface area (Å²) in [7, 11) is 2.15. The molecule has 1 aliphatic rings. The van der Waals surface area contributed by atoms with Crippen LogP contribution in [0.5, 0.6) is 0 Å². The fourth-order valence-corrected chi connectivity index (χ4v) is 2.89. The van der Waals surface area contributed by atoms with Crippen molar-refractivity contribution in [2.45, 2.75) is 25.8 Å². The number of nitrogens with one attached hydrogen (secondary N) is 1. The predicted molar refractivity (Wildman–Crippen MR) is 76.1 cm³/mol. The number of aromatic amines is 1. The van der Waals surface area contributed by atoms with Crippen LogP contribution in [-0.4, -0.2) is 47.6 Å². The molecule has 0 spiro atoms. The lowest BCUT2D eigenvalue weighted by Crippen LogP contribution is -2.41. The molecule has 2 rings (SSSR count). The second-order valence-electron chi connectivity index (χ2n) is 4.74. The molecule has 100 valence electrons. The molecule has 1 aliphatic heterocycles. The number of halogens is 1. The normalized spacial score (nSPS) is 21.9. The highest BCUT2D eigenvalue weighted by Crippen LogP contribution is 2.24. The van der Waals surface area contributed by atoms with Crippen LogP contribution in [0.1, 0.15) is 19.8 Å². The first-order valence-electron chi connectivity index (χ1n) is 6.31. The van der Waals surface area contributed by atoms with Crippen molar-refractivity contribution in [2.24, 2.45) is 0 Å². The number of hydrogen-bond acceptors (Lipinski definition) is 4. The molecule has 1 N–H and O–H groups in total. The monoisotopic (exact) mass is 314 g/mol. The number of H-pyrrole nitrogens is 1. The summed E-state index contributed by atoms with van der Waals surface area (Å²) in [5, 5.41) is 0. The first kappa shape index (κ1) is 13.5. The van der Waals surface area contributed by atoms with E-state index in [2.05, 4.69) is 49.7 Å². The molecule has 0 amide bonds. The molecule has 5 nitrogen and oxygen atoms in total. The van der Waals surface area contributed by atoms with Gasteiger partial charge in [-0.1, -0.05) is 6.92 Å². The summed E-state index contributed by atoms with van der Waals surface area (Å²) < 4.78 is 0.535. The molecule has 2 heterocycles. The topological polar surface area (TPSA) is 52.2 Å². The number of rotatable bonds is 2. The van der Waals surface area contributed by atoms with E-state index in [-0.39, 0.29) is 5.56 Å². The molecule has 1 saturated heterocycles. The third-order valence-electron chi connectivity index (χ3n) is 3.42. The van der Waals surface area contributed by atoms with Crippen molar-refractivity contribution < 1.29 is 0 Å². The molecular formula is C12H19BrN4O. The van der Waals surface area contributed by atoms with Gasteiger partial charge in [-0.15, -0.1) is 0 Å². The summed E-state index contributed by atoms with van der Waals surface area (Å²) in [5.41, 5.74) is -0.118. The third kappa shape index (κ3) is 2.75. The molecule has 0 bridgehead atoms. The maximum absolute atomic E-state index is 11.6. The molecule has 6 heteroatoms. The number of nitrogens with zero attached hydrogens (tertiary/aromatic N) is 3. The zero-order valence-corrected chi connectivity index (χ0v) is 12.4. The minimum Gasteiger partial charge on any atom is -0.351 e. The number of aromatic nitrogens is 2. The van der Waals surface area contributed by atoms with Crippen LogP contribution in [0.3, 0.4) is 0 Å². The summed E-state index contributed by atoms with van der Waals surface area (Å²) in [6, 6.07) is 0.406. The van der Waals surface area contributed by atoms with E-state index in [1.54, 1.807) is 0 Å². The Labute approximate surface area is 115 Å². The average Bonchev–Trinajstić information content (AvgIpc) is 2.54. The largest absolute Gasteiger partial charge is 0.351 e. The number of hydrogen-bond donors (Lipinski definition) is 1. The molecule has 1 aromatic rings. The van der Waals surface area contributed by atoms with Crippen LogP contribution < -0.4 is 10.5 Å². The Kier molecular flexibility index (Phi) is 4.40. The minimum atomic E-state index is -0.118. The van der Waals surface area contributed by atoms with E-state index in [1.165, 1.54) is 6.33 Å². The molecule has 1 fully saturated rings. The van der Waals surface area contributed by atoms with E-state index in [9.17, 15) is 4.79 Å². The quantitative estimate of drug-likeness (QED) is 0.898. The highest BCUT2D eigenvalue weighted by Gasteiger charge is 2.25. The van der Waals surface area contributed by atoms with Gasteiger partial charge in [0.15, 0.2) is 5.82 Å². The Hall–Kier alpha value is -0.880. The van der Waals surface area contributed by atoms with E-state index in [1.807, 2.05) is 0 Å². The molecule has 1 unspecified atom stereocenters. The molecule has 0 saturated carbocycles. The summed E-state index contributed by atoms with van der Waals surface area (Å²) in [5.74, 6) is 0.765. The van der Waals surface area contributed by atoms with E-state index >= 15 is 0 Å². The van der Waals surface area contributed by atoms with Gasteiger partial charge >= 0.3 is 0 Å². The predicted octanol–water partition coefficient (Wildman–Crippen LogP) is 1.45. The summed E-state index contributed by atoms with van der Waals surface area (Å²) in [4.78, 5) is 23.2. The van der Waals surface area contributed by atoms with Crippen LogP contribution in [0.25, 0.3) is 0 Å². The molecule has 1 aromatic heterocycles.